The molecule has 0 aliphatic rings. The molecule has 3 aromatic rings. The molecule has 122 valence electrons. The smallest absolute Gasteiger partial charge is 0.258 e. The van der Waals surface area contributed by atoms with E-state index in [9.17, 15) is 4.79 Å². The van der Waals surface area contributed by atoms with E-state index >= 15 is 0 Å². The number of anilines is 1. The minimum absolute atomic E-state index is 0.0947. The summed E-state index contributed by atoms with van der Waals surface area (Å²) in [6, 6.07) is 8.60. The van der Waals surface area contributed by atoms with E-state index in [0.717, 1.165) is 15.3 Å². The summed E-state index contributed by atoms with van der Waals surface area (Å²) >= 11 is 20.6. The first kappa shape index (κ1) is 17.7. The molecule has 10 heteroatoms. The van der Waals surface area contributed by atoms with Crippen LogP contribution in [0.25, 0.3) is 11.0 Å². The summed E-state index contributed by atoms with van der Waals surface area (Å²) < 4.78 is 9.22. The van der Waals surface area contributed by atoms with Crippen LogP contribution in [0.1, 0.15) is 10.4 Å². The highest BCUT2D eigenvalue weighted by Gasteiger charge is 2.15. The lowest BCUT2D eigenvalue weighted by Gasteiger charge is -2.12. The first-order chi connectivity index (χ1) is 11.5. The molecule has 0 aliphatic carbocycles. The van der Waals surface area contributed by atoms with Gasteiger partial charge in [-0.3, -0.25) is 10.1 Å². The van der Waals surface area contributed by atoms with Gasteiger partial charge in [-0.2, -0.15) is 8.75 Å². The molecule has 0 saturated carbocycles. The number of amides is 1. The van der Waals surface area contributed by atoms with Gasteiger partial charge in [0, 0.05) is 3.57 Å². The van der Waals surface area contributed by atoms with Gasteiger partial charge in [-0.25, -0.2) is 0 Å². The number of halogens is 3. The Morgan fingerprint density at radius 1 is 1.17 bits per heavy atom. The molecule has 3 rings (SSSR count). The van der Waals surface area contributed by atoms with Crippen molar-refractivity contribution >= 4 is 97.5 Å². The Balaban J connectivity index is 1.80. The van der Waals surface area contributed by atoms with Crippen LogP contribution in [0.5, 0.6) is 0 Å². The highest BCUT2D eigenvalue weighted by Crippen LogP contribution is 2.29. The monoisotopic (exact) mass is 508 g/mol. The number of hydrogen-bond donors (Lipinski definition) is 2. The molecule has 1 amide bonds. The maximum absolute atomic E-state index is 12.3. The fraction of sp³-hybridized carbons (Fsp3) is 0. The lowest BCUT2D eigenvalue weighted by Crippen LogP contribution is -2.34. The van der Waals surface area contributed by atoms with Crippen LogP contribution < -0.4 is 10.6 Å². The van der Waals surface area contributed by atoms with E-state index in [1.165, 1.54) is 0 Å². The van der Waals surface area contributed by atoms with Gasteiger partial charge in [-0.1, -0.05) is 23.2 Å². The van der Waals surface area contributed by atoms with Gasteiger partial charge in [0.2, 0.25) is 0 Å². The highest BCUT2D eigenvalue weighted by atomic mass is 127. The fourth-order valence-corrected chi connectivity index (χ4v) is 3.56. The maximum Gasteiger partial charge on any atom is 0.258 e. The van der Waals surface area contributed by atoms with Crippen molar-refractivity contribution in [2.45, 2.75) is 0 Å². The van der Waals surface area contributed by atoms with Crippen LogP contribution in [-0.4, -0.2) is 19.8 Å². The molecule has 0 radical (unpaired) electrons. The summed E-state index contributed by atoms with van der Waals surface area (Å²) in [7, 11) is 0. The van der Waals surface area contributed by atoms with Crippen molar-refractivity contribution in [2.24, 2.45) is 0 Å². The third kappa shape index (κ3) is 3.77. The Labute approximate surface area is 170 Å². The molecular formula is C14H7Cl2IN4OS2. The van der Waals surface area contributed by atoms with Gasteiger partial charge in [0.1, 0.15) is 11.0 Å². The zero-order chi connectivity index (χ0) is 17.3. The van der Waals surface area contributed by atoms with E-state index in [1.54, 1.807) is 24.3 Å². The molecule has 0 spiro atoms. The second-order valence-electron chi connectivity index (χ2n) is 4.59. The van der Waals surface area contributed by atoms with Gasteiger partial charge in [-0.05, 0) is 65.1 Å². The van der Waals surface area contributed by atoms with Crippen molar-refractivity contribution < 1.29 is 4.79 Å². The summed E-state index contributed by atoms with van der Waals surface area (Å²) in [4.78, 5) is 12.3. The van der Waals surface area contributed by atoms with Crippen molar-refractivity contribution in [3.8, 4) is 0 Å². The van der Waals surface area contributed by atoms with E-state index < -0.39 is 5.91 Å². The van der Waals surface area contributed by atoms with Crippen LogP contribution in [0.4, 0.5) is 5.69 Å². The number of carbonyl (C=O) groups excluding carboxylic acids is 1. The lowest BCUT2D eigenvalue weighted by atomic mass is 10.2. The van der Waals surface area contributed by atoms with Crippen LogP contribution in [0.15, 0.2) is 30.3 Å². The molecule has 0 bridgehead atoms. The molecule has 0 aliphatic heterocycles. The SMILES string of the molecule is O=C(NC(=S)Nc1c(Cl)ccc2nsnc12)c1cc(I)ccc1Cl. The molecule has 1 aromatic heterocycles. The van der Waals surface area contributed by atoms with Gasteiger partial charge >= 0.3 is 0 Å². The number of fused-ring (bicyclic) bond motifs is 1. The first-order valence-electron chi connectivity index (χ1n) is 6.44. The average Bonchev–Trinajstić information content (AvgIpc) is 3.01. The molecule has 0 fully saturated rings. The number of nitrogens with one attached hydrogen (secondary N) is 2. The second-order valence-corrected chi connectivity index (χ2v) is 7.58. The van der Waals surface area contributed by atoms with Crippen molar-refractivity contribution in [1.82, 2.24) is 14.1 Å². The third-order valence-corrected chi connectivity index (χ3v) is 5.08. The predicted octanol–water partition coefficient (Wildman–Crippen LogP) is 4.73. The number of benzene rings is 2. The van der Waals surface area contributed by atoms with E-state index in [4.69, 9.17) is 35.4 Å². The van der Waals surface area contributed by atoms with Crippen LogP contribution in [0, 0.1) is 3.57 Å². The summed E-state index contributed by atoms with van der Waals surface area (Å²) in [5, 5.41) is 6.36. The number of thiocarbonyl (C=S) groups is 1. The second kappa shape index (κ2) is 7.44. The molecule has 1 heterocycles. The Bertz CT molecular complexity index is 963. The molecule has 2 N–H and O–H groups in total. The molecule has 5 nitrogen and oxygen atoms in total. The van der Waals surface area contributed by atoms with Crippen molar-refractivity contribution in [2.75, 3.05) is 5.32 Å². The Hall–Kier alpha value is -1.07. The van der Waals surface area contributed by atoms with Gasteiger partial charge in [-0.15, -0.1) is 0 Å². The Kier molecular flexibility index (Phi) is 5.50. The summed E-state index contributed by atoms with van der Waals surface area (Å²) in [5.74, 6) is -0.407. The van der Waals surface area contributed by atoms with Crippen molar-refractivity contribution in [3.63, 3.8) is 0 Å². The van der Waals surface area contributed by atoms with E-state index in [0.29, 0.717) is 32.3 Å². The van der Waals surface area contributed by atoms with Crippen LogP contribution in [-0.2, 0) is 0 Å². The topological polar surface area (TPSA) is 66.9 Å². The Morgan fingerprint density at radius 3 is 2.71 bits per heavy atom. The highest BCUT2D eigenvalue weighted by molar-refractivity contribution is 14.1. The summed E-state index contributed by atoms with van der Waals surface area (Å²) in [6.07, 6.45) is 0. The molecule has 0 atom stereocenters. The van der Waals surface area contributed by atoms with Crippen molar-refractivity contribution in [3.05, 3.63) is 49.5 Å². The van der Waals surface area contributed by atoms with Crippen LogP contribution in [0.2, 0.25) is 10.0 Å². The number of aromatic nitrogens is 2. The standard InChI is InChI=1S/C14H7Cl2IN4OS2/c15-8-2-1-6(17)5-7(8)13(22)19-14(23)18-11-9(16)3-4-10-12(11)21-24-20-10/h1-5H,(H2,18,19,22,23). The normalized spacial score (nSPS) is 10.6. The molecule has 0 saturated heterocycles. The quantitative estimate of drug-likeness (QED) is 0.387. The predicted molar refractivity (Wildman–Crippen MR) is 110 cm³/mol. The summed E-state index contributed by atoms with van der Waals surface area (Å²) in [6.45, 7) is 0. The first-order valence-corrected chi connectivity index (χ1v) is 9.41. The van der Waals surface area contributed by atoms with Gasteiger partial charge in [0.25, 0.3) is 5.91 Å². The minimum atomic E-state index is -0.407. The van der Waals surface area contributed by atoms with E-state index in [-0.39, 0.29) is 5.11 Å². The third-order valence-electron chi connectivity index (χ3n) is 3.02. The zero-order valence-corrected chi connectivity index (χ0v) is 16.9. The average molecular weight is 509 g/mol. The largest absolute Gasteiger partial charge is 0.329 e. The molecule has 0 unspecified atom stereocenters. The fourth-order valence-electron chi connectivity index (χ4n) is 1.93. The van der Waals surface area contributed by atoms with Crippen LogP contribution >= 0.6 is 69.7 Å². The molecule has 24 heavy (non-hydrogen) atoms. The zero-order valence-electron chi connectivity index (χ0n) is 11.6. The number of carbonyl (C=O) groups is 1. The Morgan fingerprint density at radius 2 is 1.92 bits per heavy atom. The minimum Gasteiger partial charge on any atom is -0.329 e. The maximum atomic E-state index is 12.3. The van der Waals surface area contributed by atoms with Gasteiger partial charge in [0.15, 0.2) is 5.11 Å². The van der Waals surface area contributed by atoms with E-state index in [1.807, 2.05) is 6.07 Å². The number of nitrogens with zero attached hydrogens (tertiary/aromatic N) is 2. The summed E-state index contributed by atoms with van der Waals surface area (Å²) in [5.41, 5.74) is 2.13. The number of hydrogen-bond acceptors (Lipinski definition) is 5. The van der Waals surface area contributed by atoms with Crippen LogP contribution in [0.3, 0.4) is 0 Å². The molecular weight excluding hydrogens is 502 g/mol. The van der Waals surface area contributed by atoms with E-state index in [2.05, 4.69) is 42.0 Å². The number of rotatable bonds is 2. The van der Waals surface area contributed by atoms with Gasteiger partial charge in [0.05, 0.1) is 33.0 Å². The molecule has 2 aromatic carbocycles. The lowest BCUT2D eigenvalue weighted by molar-refractivity contribution is 0.0978. The van der Waals surface area contributed by atoms with Gasteiger partial charge < -0.3 is 5.32 Å². The van der Waals surface area contributed by atoms with Crippen molar-refractivity contribution in [1.29, 1.82) is 0 Å².